The predicted octanol–water partition coefficient (Wildman–Crippen LogP) is 1.61. The summed E-state index contributed by atoms with van der Waals surface area (Å²) < 4.78 is 0. The fraction of sp³-hybridized carbons (Fsp3) is 0.333. The van der Waals surface area contributed by atoms with E-state index in [4.69, 9.17) is 0 Å². The van der Waals surface area contributed by atoms with Crippen LogP contribution in [0, 0.1) is 0 Å². The Balaban J connectivity index is 1.80. The van der Waals surface area contributed by atoms with Gasteiger partial charge in [0, 0.05) is 37.1 Å². The number of nitrogens with one attached hydrogen (secondary N) is 1. The standard InChI is InChI=1S/C12H14N4S/c1-2-12(16-6-4-13-5-7-16)15-14-11(1)10-3-8-17-9-10/h1-3,8-9,13H,4-7H2. The molecule has 1 aliphatic rings. The number of piperazine rings is 1. The van der Waals surface area contributed by atoms with Crippen molar-refractivity contribution in [2.75, 3.05) is 31.1 Å². The second kappa shape index (κ2) is 4.81. The van der Waals surface area contributed by atoms with Crippen LogP contribution in [0.2, 0.25) is 0 Å². The molecule has 88 valence electrons. The molecule has 3 heterocycles. The highest BCUT2D eigenvalue weighted by atomic mass is 32.1. The van der Waals surface area contributed by atoms with Gasteiger partial charge in [-0.15, -0.1) is 10.2 Å². The molecule has 0 bridgehead atoms. The maximum Gasteiger partial charge on any atom is 0.151 e. The molecule has 0 spiro atoms. The summed E-state index contributed by atoms with van der Waals surface area (Å²) in [6.45, 7) is 4.06. The van der Waals surface area contributed by atoms with Crippen LogP contribution in [0.15, 0.2) is 29.0 Å². The molecule has 0 atom stereocenters. The van der Waals surface area contributed by atoms with Gasteiger partial charge in [-0.3, -0.25) is 0 Å². The number of hydrogen-bond donors (Lipinski definition) is 1. The zero-order chi connectivity index (χ0) is 11.5. The van der Waals surface area contributed by atoms with Crippen LogP contribution >= 0.6 is 11.3 Å². The van der Waals surface area contributed by atoms with Gasteiger partial charge in [-0.2, -0.15) is 11.3 Å². The van der Waals surface area contributed by atoms with Gasteiger partial charge in [-0.05, 0) is 23.6 Å². The van der Waals surface area contributed by atoms with E-state index in [-0.39, 0.29) is 0 Å². The topological polar surface area (TPSA) is 41.0 Å². The lowest BCUT2D eigenvalue weighted by Crippen LogP contribution is -2.43. The van der Waals surface area contributed by atoms with Gasteiger partial charge in [0.1, 0.15) is 0 Å². The van der Waals surface area contributed by atoms with Gasteiger partial charge in [-0.1, -0.05) is 0 Å². The van der Waals surface area contributed by atoms with Crippen LogP contribution in [0.4, 0.5) is 5.82 Å². The maximum absolute atomic E-state index is 4.31. The van der Waals surface area contributed by atoms with Gasteiger partial charge in [-0.25, -0.2) is 0 Å². The molecule has 1 saturated heterocycles. The quantitative estimate of drug-likeness (QED) is 0.874. The molecule has 1 aliphatic heterocycles. The summed E-state index contributed by atoms with van der Waals surface area (Å²) in [6.07, 6.45) is 0. The van der Waals surface area contributed by atoms with Crippen LogP contribution in [0.1, 0.15) is 0 Å². The van der Waals surface area contributed by atoms with Crippen LogP contribution in [-0.2, 0) is 0 Å². The van der Waals surface area contributed by atoms with Crippen LogP contribution in [0.25, 0.3) is 11.3 Å². The number of thiophene rings is 1. The molecule has 0 radical (unpaired) electrons. The second-order valence-corrected chi connectivity index (χ2v) is 4.81. The van der Waals surface area contributed by atoms with Gasteiger partial charge in [0.25, 0.3) is 0 Å². The molecule has 1 fully saturated rings. The molecule has 3 rings (SSSR count). The zero-order valence-corrected chi connectivity index (χ0v) is 10.3. The fourth-order valence-electron chi connectivity index (χ4n) is 1.95. The number of hydrogen-bond acceptors (Lipinski definition) is 5. The average molecular weight is 246 g/mol. The number of nitrogens with zero attached hydrogens (tertiary/aromatic N) is 3. The van der Waals surface area contributed by atoms with Gasteiger partial charge in [0.15, 0.2) is 5.82 Å². The van der Waals surface area contributed by atoms with E-state index in [0.717, 1.165) is 43.3 Å². The molecule has 2 aromatic rings. The predicted molar refractivity (Wildman–Crippen MR) is 70.4 cm³/mol. The minimum Gasteiger partial charge on any atom is -0.353 e. The lowest BCUT2D eigenvalue weighted by molar-refractivity contribution is 0.583. The Morgan fingerprint density at radius 1 is 1.12 bits per heavy atom. The number of aromatic nitrogens is 2. The Morgan fingerprint density at radius 3 is 2.65 bits per heavy atom. The molecular formula is C12H14N4S. The molecule has 0 aromatic carbocycles. The van der Waals surface area contributed by atoms with Crippen molar-refractivity contribution in [3.05, 3.63) is 29.0 Å². The monoisotopic (exact) mass is 246 g/mol. The summed E-state index contributed by atoms with van der Waals surface area (Å²) in [4.78, 5) is 2.26. The Kier molecular flexibility index (Phi) is 3.02. The lowest BCUT2D eigenvalue weighted by atomic mass is 10.2. The largest absolute Gasteiger partial charge is 0.353 e. The van der Waals surface area contributed by atoms with E-state index < -0.39 is 0 Å². The smallest absolute Gasteiger partial charge is 0.151 e. The summed E-state index contributed by atoms with van der Waals surface area (Å²) >= 11 is 1.68. The molecule has 0 saturated carbocycles. The van der Waals surface area contributed by atoms with Crippen molar-refractivity contribution in [2.24, 2.45) is 0 Å². The first-order valence-electron chi connectivity index (χ1n) is 5.75. The van der Waals surface area contributed by atoms with E-state index >= 15 is 0 Å². The maximum atomic E-state index is 4.31. The van der Waals surface area contributed by atoms with Gasteiger partial charge < -0.3 is 10.2 Å². The van der Waals surface area contributed by atoms with E-state index in [2.05, 4.69) is 43.3 Å². The average Bonchev–Trinajstić information content (AvgIpc) is 2.94. The molecule has 0 unspecified atom stereocenters. The van der Waals surface area contributed by atoms with E-state index in [1.807, 2.05) is 6.07 Å². The summed E-state index contributed by atoms with van der Waals surface area (Å²) in [5.74, 6) is 0.977. The molecule has 2 aromatic heterocycles. The Bertz CT molecular complexity index is 460. The minimum absolute atomic E-state index is 0.949. The summed E-state index contributed by atoms with van der Waals surface area (Å²) in [7, 11) is 0. The third kappa shape index (κ3) is 2.30. The highest BCUT2D eigenvalue weighted by Crippen LogP contribution is 2.20. The number of anilines is 1. The lowest BCUT2D eigenvalue weighted by Gasteiger charge is -2.27. The highest BCUT2D eigenvalue weighted by molar-refractivity contribution is 7.08. The molecule has 4 nitrogen and oxygen atoms in total. The van der Waals surface area contributed by atoms with Gasteiger partial charge >= 0.3 is 0 Å². The molecule has 1 N–H and O–H groups in total. The van der Waals surface area contributed by atoms with Crippen molar-refractivity contribution in [1.82, 2.24) is 15.5 Å². The third-order valence-corrected chi connectivity index (χ3v) is 3.59. The van der Waals surface area contributed by atoms with Crippen molar-refractivity contribution in [1.29, 1.82) is 0 Å². The Morgan fingerprint density at radius 2 is 2.00 bits per heavy atom. The van der Waals surface area contributed by atoms with Gasteiger partial charge in [0.2, 0.25) is 0 Å². The first-order valence-corrected chi connectivity index (χ1v) is 6.70. The highest BCUT2D eigenvalue weighted by Gasteiger charge is 2.12. The summed E-state index contributed by atoms with van der Waals surface area (Å²) in [5, 5.41) is 16.1. The van der Waals surface area contributed by atoms with E-state index in [0.29, 0.717) is 0 Å². The first kappa shape index (κ1) is 10.7. The van der Waals surface area contributed by atoms with Gasteiger partial charge in [0.05, 0.1) is 5.69 Å². The third-order valence-electron chi connectivity index (χ3n) is 2.91. The van der Waals surface area contributed by atoms with E-state index in [9.17, 15) is 0 Å². The Hall–Kier alpha value is -1.46. The molecule has 17 heavy (non-hydrogen) atoms. The van der Waals surface area contributed by atoms with Crippen LogP contribution in [0.3, 0.4) is 0 Å². The second-order valence-electron chi connectivity index (χ2n) is 4.03. The Labute approximate surface area is 104 Å². The van der Waals surface area contributed by atoms with E-state index in [1.165, 1.54) is 0 Å². The van der Waals surface area contributed by atoms with Crippen molar-refractivity contribution in [3.63, 3.8) is 0 Å². The van der Waals surface area contributed by atoms with Crippen LogP contribution in [-0.4, -0.2) is 36.4 Å². The normalized spacial score (nSPS) is 16.1. The summed E-state index contributed by atoms with van der Waals surface area (Å²) in [6, 6.07) is 6.18. The molecule has 5 heteroatoms. The number of rotatable bonds is 2. The van der Waals surface area contributed by atoms with Crippen LogP contribution in [0.5, 0.6) is 0 Å². The van der Waals surface area contributed by atoms with Crippen LogP contribution < -0.4 is 10.2 Å². The minimum atomic E-state index is 0.949. The van der Waals surface area contributed by atoms with Crippen molar-refractivity contribution in [3.8, 4) is 11.3 Å². The van der Waals surface area contributed by atoms with Crippen molar-refractivity contribution >= 4 is 17.2 Å². The van der Waals surface area contributed by atoms with Crippen molar-refractivity contribution in [2.45, 2.75) is 0 Å². The molecule has 0 amide bonds. The molecule has 0 aliphatic carbocycles. The molecular weight excluding hydrogens is 232 g/mol. The van der Waals surface area contributed by atoms with Crippen molar-refractivity contribution < 1.29 is 0 Å². The fourth-order valence-corrected chi connectivity index (χ4v) is 2.60. The first-order chi connectivity index (χ1) is 8.43. The summed E-state index contributed by atoms with van der Waals surface area (Å²) in [5.41, 5.74) is 2.10. The zero-order valence-electron chi connectivity index (χ0n) is 9.47. The SMILES string of the molecule is c1cc(-c2ccc(N3CCNCC3)nn2)cs1. The van der Waals surface area contributed by atoms with E-state index in [1.54, 1.807) is 11.3 Å².